The third kappa shape index (κ3) is 4.21. The number of fused-ring (bicyclic) bond motifs is 1. The van der Waals surface area contributed by atoms with Crippen molar-refractivity contribution in [3.05, 3.63) is 48.0 Å². The molecule has 0 aliphatic carbocycles. The molecule has 0 atom stereocenters. The maximum absolute atomic E-state index is 12.2. The molecule has 7 nitrogen and oxygen atoms in total. The van der Waals surface area contributed by atoms with Gasteiger partial charge in [-0.25, -0.2) is 4.83 Å². The van der Waals surface area contributed by atoms with Crippen molar-refractivity contribution in [2.24, 2.45) is 5.10 Å². The molecule has 0 bridgehead atoms. The van der Waals surface area contributed by atoms with E-state index < -0.39 is 10.0 Å². The lowest BCUT2D eigenvalue weighted by atomic mass is 10.2. The molecule has 0 saturated heterocycles. The molecular formula is C17H18N2O5S. The third-order valence-corrected chi connectivity index (χ3v) is 4.64. The standard InChI is InChI=1S/C17H18N2O5S/c1-2-22-14-4-6-15(7-5-14)25(20,21)19-18-12-13-3-8-16-17(11-13)24-10-9-23-16/h3-8,11-12,19H,2,9-10H2,1H3/b18-12+. The highest BCUT2D eigenvalue weighted by molar-refractivity contribution is 7.89. The number of rotatable bonds is 6. The minimum atomic E-state index is -3.74. The lowest BCUT2D eigenvalue weighted by Gasteiger charge is -2.18. The lowest BCUT2D eigenvalue weighted by molar-refractivity contribution is 0.171. The number of hydrogen-bond acceptors (Lipinski definition) is 6. The van der Waals surface area contributed by atoms with Gasteiger partial charge < -0.3 is 14.2 Å². The Kier molecular flexibility index (Phi) is 5.08. The van der Waals surface area contributed by atoms with Gasteiger partial charge in [-0.3, -0.25) is 0 Å². The van der Waals surface area contributed by atoms with Crippen molar-refractivity contribution in [3.63, 3.8) is 0 Å². The Morgan fingerprint density at radius 1 is 1.12 bits per heavy atom. The van der Waals surface area contributed by atoms with Crippen LogP contribution in [-0.4, -0.2) is 34.5 Å². The average molecular weight is 362 g/mol. The van der Waals surface area contributed by atoms with Crippen molar-refractivity contribution in [2.45, 2.75) is 11.8 Å². The average Bonchev–Trinajstić information content (AvgIpc) is 2.62. The smallest absolute Gasteiger partial charge is 0.276 e. The molecule has 1 aliphatic heterocycles. The van der Waals surface area contributed by atoms with Crippen LogP contribution in [0.3, 0.4) is 0 Å². The van der Waals surface area contributed by atoms with Gasteiger partial charge in [0.2, 0.25) is 0 Å². The van der Waals surface area contributed by atoms with E-state index >= 15 is 0 Å². The van der Waals surface area contributed by atoms with E-state index in [1.54, 1.807) is 30.3 Å². The number of ether oxygens (including phenoxy) is 3. The maximum Gasteiger partial charge on any atom is 0.276 e. The molecular weight excluding hydrogens is 344 g/mol. The Morgan fingerprint density at radius 2 is 1.84 bits per heavy atom. The predicted molar refractivity (Wildman–Crippen MR) is 93.0 cm³/mol. The lowest BCUT2D eigenvalue weighted by Crippen LogP contribution is -2.18. The molecule has 1 N–H and O–H groups in total. The Bertz CT molecular complexity index is 863. The molecule has 25 heavy (non-hydrogen) atoms. The number of nitrogens with zero attached hydrogens (tertiary/aromatic N) is 1. The topological polar surface area (TPSA) is 86.2 Å². The van der Waals surface area contributed by atoms with Gasteiger partial charge in [0.15, 0.2) is 11.5 Å². The number of nitrogens with one attached hydrogen (secondary N) is 1. The number of benzene rings is 2. The Hall–Kier alpha value is -2.74. The first-order valence-electron chi connectivity index (χ1n) is 7.76. The van der Waals surface area contributed by atoms with E-state index in [2.05, 4.69) is 9.93 Å². The monoisotopic (exact) mass is 362 g/mol. The molecule has 0 aromatic heterocycles. The van der Waals surface area contributed by atoms with E-state index in [9.17, 15) is 8.42 Å². The van der Waals surface area contributed by atoms with Crippen molar-refractivity contribution in [1.82, 2.24) is 4.83 Å². The van der Waals surface area contributed by atoms with Crippen molar-refractivity contribution >= 4 is 16.2 Å². The predicted octanol–water partition coefficient (Wildman–Crippen LogP) is 2.17. The Morgan fingerprint density at radius 3 is 2.56 bits per heavy atom. The molecule has 1 aliphatic rings. The zero-order valence-electron chi connectivity index (χ0n) is 13.6. The van der Waals surface area contributed by atoms with E-state index in [0.29, 0.717) is 42.6 Å². The fraction of sp³-hybridized carbons (Fsp3) is 0.235. The van der Waals surface area contributed by atoms with Crippen LogP contribution in [0, 0.1) is 0 Å². The Balaban J connectivity index is 1.68. The molecule has 0 radical (unpaired) electrons. The first-order chi connectivity index (χ1) is 12.1. The van der Waals surface area contributed by atoms with Crippen LogP contribution in [0.2, 0.25) is 0 Å². The molecule has 2 aromatic rings. The van der Waals surface area contributed by atoms with Crippen LogP contribution in [0.25, 0.3) is 0 Å². The van der Waals surface area contributed by atoms with Crippen LogP contribution >= 0.6 is 0 Å². The summed E-state index contributed by atoms with van der Waals surface area (Å²) in [5, 5.41) is 3.81. The van der Waals surface area contributed by atoms with Gasteiger partial charge in [-0.2, -0.15) is 13.5 Å². The van der Waals surface area contributed by atoms with Crippen LogP contribution in [0.1, 0.15) is 12.5 Å². The normalized spacial score (nSPS) is 13.6. The fourth-order valence-corrected chi connectivity index (χ4v) is 3.04. The van der Waals surface area contributed by atoms with Gasteiger partial charge in [-0.05, 0) is 55.0 Å². The van der Waals surface area contributed by atoms with Gasteiger partial charge in [0, 0.05) is 0 Å². The second-order valence-electron chi connectivity index (χ2n) is 5.16. The number of hydrazone groups is 1. The molecule has 0 amide bonds. The fourth-order valence-electron chi connectivity index (χ4n) is 2.24. The largest absolute Gasteiger partial charge is 0.494 e. The second kappa shape index (κ2) is 7.43. The summed E-state index contributed by atoms with van der Waals surface area (Å²) in [7, 11) is -3.74. The molecule has 0 saturated carbocycles. The van der Waals surface area contributed by atoms with Crippen LogP contribution < -0.4 is 19.0 Å². The summed E-state index contributed by atoms with van der Waals surface area (Å²) in [5.74, 6) is 1.89. The minimum absolute atomic E-state index is 0.107. The minimum Gasteiger partial charge on any atom is -0.494 e. The summed E-state index contributed by atoms with van der Waals surface area (Å²) in [5.41, 5.74) is 0.693. The molecule has 0 spiro atoms. The zero-order valence-corrected chi connectivity index (χ0v) is 14.5. The van der Waals surface area contributed by atoms with Crippen LogP contribution in [0.15, 0.2) is 52.5 Å². The van der Waals surface area contributed by atoms with Gasteiger partial charge in [-0.15, -0.1) is 0 Å². The molecule has 8 heteroatoms. The summed E-state index contributed by atoms with van der Waals surface area (Å²) < 4.78 is 40.6. The van der Waals surface area contributed by atoms with E-state index in [-0.39, 0.29) is 4.90 Å². The number of hydrogen-bond donors (Lipinski definition) is 1. The highest BCUT2D eigenvalue weighted by Gasteiger charge is 2.13. The van der Waals surface area contributed by atoms with Crippen LogP contribution in [-0.2, 0) is 10.0 Å². The van der Waals surface area contributed by atoms with Gasteiger partial charge in [0.25, 0.3) is 10.0 Å². The third-order valence-electron chi connectivity index (χ3n) is 3.40. The molecule has 0 fully saturated rings. The summed E-state index contributed by atoms with van der Waals surface area (Å²) in [6.45, 7) is 3.38. The quantitative estimate of drug-likeness (QED) is 0.629. The van der Waals surface area contributed by atoms with Crippen molar-refractivity contribution in [3.8, 4) is 17.2 Å². The van der Waals surface area contributed by atoms with E-state index in [1.807, 2.05) is 6.92 Å². The van der Waals surface area contributed by atoms with Crippen molar-refractivity contribution < 1.29 is 22.6 Å². The zero-order chi connectivity index (χ0) is 17.7. The van der Waals surface area contributed by atoms with E-state index in [4.69, 9.17) is 14.2 Å². The summed E-state index contributed by atoms with van der Waals surface area (Å²) in [6, 6.07) is 11.4. The van der Waals surface area contributed by atoms with Gasteiger partial charge in [0.1, 0.15) is 19.0 Å². The molecule has 3 rings (SSSR count). The summed E-state index contributed by atoms with van der Waals surface area (Å²) >= 11 is 0. The molecule has 1 heterocycles. The SMILES string of the molecule is CCOc1ccc(S(=O)(=O)N/N=C/c2ccc3c(c2)OCCO3)cc1. The second-order valence-corrected chi connectivity index (χ2v) is 6.82. The van der Waals surface area contributed by atoms with Crippen LogP contribution in [0.5, 0.6) is 17.2 Å². The number of sulfonamides is 1. The maximum atomic E-state index is 12.2. The van der Waals surface area contributed by atoms with Crippen LogP contribution in [0.4, 0.5) is 0 Å². The van der Waals surface area contributed by atoms with Crippen molar-refractivity contribution in [2.75, 3.05) is 19.8 Å². The molecule has 132 valence electrons. The molecule has 0 unspecified atom stereocenters. The van der Waals surface area contributed by atoms with Gasteiger partial charge in [-0.1, -0.05) is 0 Å². The highest BCUT2D eigenvalue weighted by Crippen LogP contribution is 2.30. The van der Waals surface area contributed by atoms with Crippen molar-refractivity contribution in [1.29, 1.82) is 0 Å². The highest BCUT2D eigenvalue weighted by atomic mass is 32.2. The summed E-state index contributed by atoms with van der Waals surface area (Å²) in [6.07, 6.45) is 1.41. The summed E-state index contributed by atoms with van der Waals surface area (Å²) in [4.78, 5) is 2.29. The first kappa shape index (κ1) is 17.1. The Labute approximate surface area is 146 Å². The van der Waals surface area contributed by atoms with Gasteiger partial charge >= 0.3 is 0 Å². The van der Waals surface area contributed by atoms with Gasteiger partial charge in [0.05, 0.1) is 17.7 Å². The van der Waals surface area contributed by atoms with E-state index in [0.717, 1.165) is 0 Å². The molecule has 2 aromatic carbocycles. The van der Waals surface area contributed by atoms with E-state index in [1.165, 1.54) is 18.3 Å². The first-order valence-corrected chi connectivity index (χ1v) is 9.24.